The van der Waals surface area contributed by atoms with Crippen LogP contribution in [0.15, 0.2) is 17.2 Å². The van der Waals surface area contributed by atoms with Gasteiger partial charge in [-0.15, -0.1) is 10.2 Å². The molecule has 0 bridgehead atoms. The van der Waals surface area contributed by atoms with Gasteiger partial charge in [-0.05, 0) is 19.1 Å². The van der Waals surface area contributed by atoms with Gasteiger partial charge in [0, 0.05) is 6.42 Å². The normalized spacial score (nSPS) is 21.1. The molecule has 0 fully saturated rings. The van der Waals surface area contributed by atoms with Crippen LogP contribution in [0.25, 0.3) is 0 Å². The Balaban J connectivity index is 2.27. The maximum atomic E-state index is 5.63. The maximum Gasteiger partial charge on any atom is 0.171 e. The quantitative estimate of drug-likeness (QED) is 0.753. The highest BCUT2D eigenvalue weighted by Crippen LogP contribution is 2.20. The Morgan fingerprint density at radius 2 is 2.29 bits per heavy atom. The lowest BCUT2D eigenvalue weighted by Crippen LogP contribution is -2.24. The summed E-state index contributed by atoms with van der Waals surface area (Å²) < 4.78 is 0. The third-order valence-corrected chi connectivity index (χ3v) is 2.21. The van der Waals surface area contributed by atoms with Crippen molar-refractivity contribution in [1.29, 1.82) is 0 Å². The first-order valence-corrected chi connectivity index (χ1v) is 4.66. The standard InChI is InChI=1S/C8H10ClN5/c1-5-4-7(10)13-14(5)8-3-2-6(9)11-12-8/h2-3,5H,4H2,1H3,(H2,10,13). The fourth-order valence-electron chi connectivity index (χ4n) is 1.38. The molecule has 5 nitrogen and oxygen atoms in total. The van der Waals surface area contributed by atoms with Crippen LogP contribution in [0.4, 0.5) is 5.82 Å². The van der Waals surface area contributed by atoms with Crippen molar-refractivity contribution >= 4 is 23.3 Å². The highest BCUT2D eigenvalue weighted by atomic mass is 35.5. The lowest BCUT2D eigenvalue weighted by Gasteiger charge is -2.17. The van der Waals surface area contributed by atoms with Crippen LogP contribution in [0.5, 0.6) is 0 Å². The second-order valence-electron chi connectivity index (χ2n) is 3.20. The van der Waals surface area contributed by atoms with Gasteiger partial charge in [-0.2, -0.15) is 5.10 Å². The first kappa shape index (κ1) is 9.21. The molecule has 1 aliphatic heterocycles. The van der Waals surface area contributed by atoms with Gasteiger partial charge in [-0.3, -0.25) is 0 Å². The Labute approximate surface area is 86.6 Å². The first-order chi connectivity index (χ1) is 6.66. The summed E-state index contributed by atoms with van der Waals surface area (Å²) in [5.41, 5.74) is 5.62. The molecule has 0 spiro atoms. The van der Waals surface area contributed by atoms with Crippen molar-refractivity contribution in [2.45, 2.75) is 19.4 Å². The van der Waals surface area contributed by atoms with Gasteiger partial charge in [0.15, 0.2) is 11.0 Å². The van der Waals surface area contributed by atoms with Gasteiger partial charge in [-0.1, -0.05) is 11.6 Å². The van der Waals surface area contributed by atoms with Crippen molar-refractivity contribution in [2.24, 2.45) is 10.8 Å². The smallest absolute Gasteiger partial charge is 0.171 e. The topological polar surface area (TPSA) is 67.4 Å². The van der Waals surface area contributed by atoms with E-state index in [4.69, 9.17) is 17.3 Å². The highest BCUT2D eigenvalue weighted by Gasteiger charge is 2.23. The summed E-state index contributed by atoms with van der Waals surface area (Å²) in [6, 6.07) is 3.68. The van der Waals surface area contributed by atoms with Crippen LogP contribution >= 0.6 is 11.6 Å². The van der Waals surface area contributed by atoms with Crippen molar-refractivity contribution in [1.82, 2.24) is 10.2 Å². The van der Waals surface area contributed by atoms with Gasteiger partial charge < -0.3 is 5.73 Å². The maximum absolute atomic E-state index is 5.63. The fourth-order valence-corrected chi connectivity index (χ4v) is 1.48. The van der Waals surface area contributed by atoms with Crippen LogP contribution in [0.2, 0.25) is 5.15 Å². The predicted molar refractivity (Wildman–Crippen MR) is 55.2 cm³/mol. The monoisotopic (exact) mass is 211 g/mol. The molecule has 1 aromatic heterocycles. The van der Waals surface area contributed by atoms with E-state index in [1.54, 1.807) is 17.1 Å². The zero-order chi connectivity index (χ0) is 10.1. The summed E-state index contributed by atoms with van der Waals surface area (Å²) in [5.74, 6) is 1.29. The third-order valence-electron chi connectivity index (χ3n) is 2.01. The van der Waals surface area contributed by atoms with Crippen LogP contribution in [-0.4, -0.2) is 22.1 Å². The molecule has 14 heavy (non-hydrogen) atoms. The van der Waals surface area contributed by atoms with Crippen LogP contribution in [0, 0.1) is 0 Å². The van der Waals surface area contributed by atoms with Gasteiger partial charge in [0.25, 0.3) is 0 Å². The van der Waals surface area contributed by atoms with Crippen LogP contribution < -0.4 is 10.7 Å². The molecule has 0 saturated carbocycles. The van der Waals surface area contributed by atoms with Gasteiger partial charge in [0.05, 0.1) is 6.04 Å². The highest BCUT2D eigenvalue weighted by molar-refractivity contribution is 6.29. The van der Waals surface area contributed by atoms with E-state index in [-0.39, 0.29) is 6.04 Å². The van der Waals surface area contributed by atoms with Crippen LogP contribution in [0.3, 0.4) is 0 Å². The number of hydrazone groups is 1. The minimum Gasteiger partial charge on any atom is -0.386 e. The number of hydrogen-bond acceptors (Lipinski definition) is 5. The van der Waals surface area contributed by atoms with E-state index in [1.165, 1.54) is 0 Å². The third kappa shape index (κ3) is 1.63. The molecule has 0 aliphatic carbocycles. The molecule has 2 N–H and O–H groups in total. The zero-order valence-corrected chi connectivity index (χ0v) is 8.44. The summed E-state index contributed by atoms with van der Waals surface area (Å²) in [6.07, 6.45) is 0.754. The summed E-state index contributed by atoms with van der Waals surface area (Å²) in [4.78, 5) is 0. The average Bonchev–Trinajstić information content (AvgIpc) is 2.47. The van der Waals surface area contributed by atoms with Crippen LogP contribution in [0.1, 0.15) is 13.3 Å². The van der Waals surface area contributed by atoms with E-state index in [0.717, 1.165) is 6.42 Å². The SMILES string of the molecule is CC1CC(N)=NN1c1ccc(Cl)nn1. The summed E-state index contributed by atoms with van der Waals surface area (Å²) >= 11 is 5.63. The van der Waals surface area contributed by atoms with Gasteiger partial charge in [0.2, 0.25) is 0 Å². The molecule has 1 unspecified atom stereocenters. The van der Waals surface area contributed by atoms with Crippen molar-refractivity contribution < 1.29 is 0 Å². The van der Waals surface area contributed by atoms with Gasteiger partial charge >= 0.3 is 0 Å². The summed E-state index contributed by atoms with van der Waals surface area (Å²) in [5, 5.41) is 13.9. The zero-order valence-electron chi connectivity index (χ0n) is 7.68. The molecule has 1 atom stereocenters. The molecule has 0 saturated heterocycles. The Morgan fingerprint density at radius 3 is 2.79 bits per heavy atom. The number of amidine groups is 1. The van der Waals surface area contributed by atoms with Gasteiger partial charge in [-0.25, -0.2) is 5.01 Å². The molecule has 0 amide bonds. The fraction of sp³-hybridized carbons (Fsp3) is 0.375. The molecule has 2 heterocycles. The molecule has 1 aromatic rings. The number of anilines is 1. The minimum atomic E-state index is 0.227. The molecular weight excluding hydrogens is 202 g/mol. The minimum absolute atomic E-state index is 0.227. The van der Waals surface area contributed by atoms with Crippen molar-refractivity contribution in [3.63, 3.8) is 0 Å². The number of nitrogens with two attached hydrogens (primary N) is 1. The second kappa shape index (κ2) is 3.42. The van der Waals surface area contributed by atoms with E-state index in [1.807, 2.05) is 6.92 Å². The first-order valence-electron chi connectivity index (χ1n) is 4.28. The van der Waals surface area contributed by atoms with E-state index in [0.29, 0.717) is 16.8 Å². The second-order valence-corrected chi connectivity index (χ2v) is 3.59. The largest absolute Gasteiger partial charge is 0.386 e. The Hall–Kier alpha value is -1.36. The summed E-state index contributed by atoms with van der Waals surface area (Å²) in [7, 11) is 0. The van der Waals surface area contributed by atoms with E-state index >= 15 is 0 Å². The number of rotatable bonds is 1. The van der Waals surface area contributed by atoms with Crippen molar-refractivity contribution in [2.75, 3.05) is 5.01 Å². The lowest BCUT2D eigenvalue weighted by atomic mass is 10.2. The Kier molecular flexibility index (Phi) is 2.25. The Bertz CT molecular complexity index is 360. The van der Waals surface area contributed by atoms with E-state index in [2.05, 4.69) is 15.3 Å². The predicted octanol–water partition coefficient (Wildman–Crippen LogP) is 1.00. The van der Waals surface area contributed by atoms with E-state index in [9.17, 15) is 0 Å². The molecule has 0 aromatic carbocycles. The Morgan fingerprint density at radius 1 is 1.50 bits per heavy atom. The molecular formula is C8H10ClN5. The van der Waals surface area contributed by atoms with Crippen LogP contribution in [-0.2, 0) is 0 Å². The molecule has 74 valence electrons. The molecule has 2 rings (SSSR count). The van der Waals surface area contributed by atoms with Gasteiger partial charge in [0.1, 0.15) is 5.84 Å². The number of hydrogen-bond donors (Lipinski definition) is 1. The number of aromatic nitrogens is 2. The molecule has 1 aliphatic rings. The van der Waals surface area contributed by atoms with Crippen molar-refractivity contribution in [3.05, 3.63) is 17.3 Å². The van der Waals surface area contributed by atoms with E-state index < -0.39 is 0 Å². The van der Waals surface area contributed by atoms with Crippen molar-refractivity contribution in [3.8, 4) is 0 Å². The number of halogens is 1. The lowest BCUT2D eigenvalue weighted by molar-refractivity contribution is 0.705. The summed E-state index contributed by atoms with van der Waals surface area (Å²) in [6.45, 7) is 2.03. The molecule has 6 heteroatoms. The number of nitrogens with zero attached hydrogens (tertiary/aromatic N) is 4. The average molecular weight is 212 g/mol. The molecule has 0 radical (unpaired) electrons.